The summed E-state index contributed by atoms with van der Waals surface area (Å²) < 4.78 is 36.4. The van der Waals surface area contributed by atoms with Gasteiger partial charge in [-0.2, -0.15) is 13.2 Å². The van der Waals surface area contributed by atoms with E-state index in [1.165, 1.54) is 0 Å². The smallest absolute Gasteiger partial charge is 0.383 e. The highest BCUT2D eigenvalue weighted by atomic mass is 79.9. The number of anilines is 1. The van der Waals surface area contributed by atoms with Crippen LogP contribution in [0.5, 0.6) is 0 Å². The zero-order valence-electron chi connectivity index (χ0n) is 8.87. The molecule has 0 fully saturated rings. The molecule has 1 aromatic carbocycles. The molecule has 7 heteroatoms. The average molecular weight is 349 g/mol. The lowest BCUT2D eigenvalue weighted by atomic mass is 10.2. The van der Waals surface area contributed by atoms with Crippen molar-refractivity contribution in [2.45, 2.75) is 12.4 Å². The summed E-state index contributed by atoms with van der Waals surface area (Å²) in [5.41, 5.74) is -2.57. The maximum absolute atomic E-state index is 11.9. The molecule has 0 saturated carbocycles. The van der Waals surface area contributed by atoms with E-state index in [-0.39, 0.29) is 24.1 Å². The molecule has 96 valence electrons. The van der Waals surface area contributed by atoms with Crippen LogP contribution in [-0.2, 0) is 0 Å². The number of hydrogen-bond donors (Lipinski definition) is 1. The van der Waals surface area contributed by atoms with Crippen molar-refractivity contribution in [3.05, 3.63) is 27.2 Å². The highest BCUT2D eigenvalue weighted by molar-refractivity contribution is 9.10. The van der Waals surface area contributed by atoms with Gasteiger partial charge < -0.3 is 5.32 Å². The van der Waals surface area contributed by atoms with Crippen molar-refractivity contribution in [2.75, 3.05) is 17.6 Å². The van der Waals surface area contributed by atoms with E-state index in [4.69, 9.17) is 11.6 Å². The number of hydrogen-bond acceptors (Lipinski definition) is 2. The van der Waals surface area contributed by atoms with E-state index in [1.54, 1.807) is 6.07 Å². The lowest BCUT2D eigenvalue weighted by Gasteiger charge is -2.11. The summed E-state index contributed by atoms with van der Waals surface area (Å²) in [6, 6.07) is 3.51. The van der Waals surface area contributed by atoms with Gasteiger partial charge in [-0.25, -0.2) is 0 Å². The molecule has 0 heterocycles. The van der Waals surface area contributed by atoms with Gasteiger partial charge in [0.15, 0.2) is 0 Å². The molecule has 0 spiro atoms. The molecule has 0 atom stereocenters. The van der Waals surface area contributed by atoms with Gasteiger partial charge in [0.2, 0.25) is 0 Å². The van der Waals surface area contributed by atoms with Crippen LogP contribution < -0.4 is 5.32 Å². The number of benzene rings is 1. The standard InChI is InChI=1S/C10H10BrClF3NS/c1-6-4-7(11)9(5-8(6)12)16-2-3-17-10(13,14)15/h4-5,16H,2-3H2,1H3. The third-order valence-electron chi connectivity index (χ3n) is 1.93. The van der Waals surface area contributed by atoms with Crippen molar-refractivity contribution < 1.29 is 13.2 Å². The number of rotatable bonds is 4. The Labute approximate surface area is 115 Å². The first kappa shape index (κ1) is 15.0. The molecule has 1 rings (SSSR count). The van der Waals surface area contributed by atoms with Crippen LogP contribution in [-0.4, -0.2) is 17.8 Å². The monoisotopic (exact) mass is 347 g/mol. The highest BCUT2D eigenvalue weighted by Gasteiger charge is 2.27. The summed E-state index contributed by atoms with van der Waals surface area (Å²) in [7, 11) is 0. The first-order chi connectivity index (χ1) is 7.79. The molecular formula is C10H10BrClF3NS. The van der Waals surface area contributed by atoms with Crippen LogP contribution in [0.4, 0.5) is 18.9 Å². The summed E-state index contributed by atoms with van der Waals surface area (Å²) in [5, 5.41) is 3.48. The Hall–Kier alpha value is -0.0700. The molecule has 1 aromatic rings. The number of nitrogens with one attached hydrogen (secondary N) is 1. The van der Waals surface area contributed by atoms with Gasteiger partial charge in [-0.1, -0.05) is 11.6 Å². The molecule has 0 unspecified atom stereocenters. The summed E-state index contributed by atoms with van der Waals surface area (Å²) in [6.45, 7) is 2.08. The predicted molar refractivity (Wildman–Crippen MR) is 70.9 cm³/mol. The van der Waals surface area contributed by atoms with Gasteiger partial charge in [0.25, 0.3) is 0 Å². The summed E-state index contributed by atoms with van der Waals surface area (Å²) in [6.07, 6.45) is 0. The Morgan fingerprint density at radius 3 is 2.65 bits per heavy atom. The van der Waals surface area contributed by atoms with Crippen LogP contribution in [0, 0.1) is 6.92 Å². The third-order valence-corrected chi connectivity index (χ3v) is 3.73. The zero-order valence-corrected chi connectivity index (χ0v) is 12.0. The Morgan fingerprint density at radius 2 is 2.06 bits per heavy atom. The molecule has 0 saturated heterocycles. The zero-order chi connectivity index (χ0) is 13.1. The second kappa shape index (κ2) is 6.20. The second-order valence-corrected chi connectivity index (χ2v) is 5.72. The highest BCUT2D eigenvalue weighted by Crippen LogP contribution is 2.31. The van der Waals surface area contributed by atoms with Crippen molar-refractivity contribution in [2.24, 2.45) is 0 Å². The summed E-state index contributed by atoms with van der Waals surface area (Å²) in [5.74, 6) is -0.0402. The van der Waals surface area contributed by atoms with Crippen LogP contribution in [0.15, 0.2) is 16.6 Å². The Morgan fingerprint density at radius 1 is 1.41 bits per heavy atom. The first-order valence-corrected chi connectivity index (χ1v) is 6.85. The van der Waals surface area contributed by atoms with E-state index in [2.05, 4.69) is 21.2 Å². The van der Waals surface area contributed by atoms with Crippen LogP contribution in [0.1, 0.15) is 5.56 Å². The van der Waals surface area contributed by atoms with E-state index in [0.29, 0.717) is 10.7 Å². The largest absolute Gasteiger partial charge is 0.441 e. The number of aryl methyl sites for hydroxylation is 1. The number of alkyl halides is 3. The molecule has 0 aliphatic heterocycles. The fraction of sp³-hybridized carbons (Fsp3) is 0.400. The van der Waals surface area contributed by atoms with Crippen LogP contribution in [0.25, 0.3) is 0 Å². The summed E-state index contributed by atoms with van der Waals surface area (Å²) >= 11 is 9.20. The molecule has 0 amide bonds. The van der Waals surface area contributed by atoms with Crippen molar-refractivity contribution in [3.8, 4) is 0 Å². The van der Waals surface area contributed by atoms with Crippen LogP contribution >= 0.6 is 39.3 Å². The van der Waals surface area contributed by atoms with Gasteiger partial charge in [-0.3, -0.25) is 0 Å². The SMILES string of the molecule is Cc1cc(Br)c(NCCSC(F)(F)F)cc1Cl. The molecular weight excluding hydrogens is 339 g/mol. The Balaban J connectivity index is 2.50. The minimum atomic E-state index is -4.18. The molecule has 1 nitrogen and oxygen atoms in total. The molecule has 0 aliphatic carbocycles. The molecule has 0 radical (unpaired) electrons. The number of thioether (sulfide) groups is 1. The Bertz CT molecular complexity index is 398. The van der Waals surface area contributed by atoms with Gasteiger partial charge in [-0.05, 0) is 52.3 Å². The quantitative estimate of drug-likeness (QED) is 0.762. The van der Waals surface area contributed by atoms with E-state index < -0.39 is 5.51 Å². The average Bonchev–Trinajstić information content (AvgIpc) is 2.18. The van der Waals surface area contributed by atoms with Crippen molar-refractivity contribution in [1.82, 2.24) is 0 Å². The minimum absolute atomic E-state index is 0.0402. The van der Waals surface area contributed by atoms with Gasteiger partial charge >= 0.3 is 5.51 Å². The maximum Gasteiger partial charge on any atom is 0.441 e. The molecule has 0 aromatic heterocycles. The topological polar surface area (TPSA) is 12.0 Å². The Kier molecular flexibility index (Phi) is 5.47. The van der Waals surface area contributed by atoms with Gasteiger partial charge in [-0.15, -0.1) is 0 Å². The molecule has 1 N–H and O–H groups in total. The van der Waals surface area contributed by atoms with E-state index in [0.717, 1.165) is 10.0 Å². The van der Waals surface area contributed by atoms with Crippen LogP contribution in [0.3, 0.4) is 0 Å². The van der Waals surface area contributed by atoms with E-state index >= 15 is 0 Å². The van der Waals surface area contributed by atoms with Crippen molar-refractivity contribution in [3.63, 3.8) is 0 Å². The molecule has 17 heavy (non-hydrogen) atoms. The maximum atomic E-state index is 11.9. The van der Waals surface area contributed by atoms with Gasteiger partial charge in [0.05, 0.1) is 0 Å². The third kappa shape index (κ3) is 5.40. The normalized spacial score (nSPS) is 11.6. The minimum Gasteiger partial charge on any atom is -0.383 e. The van der Waals surface area contributed by atoms with Crippen LogP contribution in [0.2, 0.25) is 5.02 Å². The number of halogens is 5. The van der Waals surface area contributed by atoms with Crippen molar-refractivity contribution in [1.29, 1.82) is 0 Å². The molecule has 0 aliphatic rings. The van der Waals surface area contributed by atoms with Crippen molar-refractivity contribution >= 4 is 45.0 Å². The molecule has 0 bridgehead atoms. The van der Waals surface area contributed by atoms with Gasteiger partial charge in [0, 0.05) is 27.5 Å². The summed E-state index contributed by atoms with van der Waals surface area (Å²) in [4.78, 5) is 0. The lowest BCUT2D eigenvalue weighted by molar-refractivity contribution is -0.0327. The fourth-order valence-corrected chi connectivity index (χ4v) is 2.33. The van der Waals surface area contributed by atoms with Gasteiger partial charge in [0.1, 0.15) is 0 Å². The fourth-order valence-electron chi connectivity index (χ4n) is 1.13. The van der Waals surface area contributed by atoms with E-state index in [1.807, 2.05) is 13.0 Å². The lowest BCUT2D eigenvalue weighted by Crippen LogP contribution is -2.09. The predicted octanol–water partition coefficient (Wildman–Crippen LogP) is 5.08. The second-order valence-electron chi connectivity index (χ2n) is 3.30. The first-order valence-electron chi connectivity index (χ1n) is 4.70. The van der Waals surface area contributed by atoms with E-state index in [9.17, 15) is 13.2 Å².